The van der Waals surface area contributed by atoms with Gasteiger partial charge < -0.3 is 10.1 Å². The van der Waals surface area contributed by atoms with Crippen molar-refractivity contribution in [3.8, 4) is 10.8 Å². The van der Waals surface area contributed by atoms with Gasteiger partial charge in [-0.15, -0.1) is 4.80 Å². The highest BCUT2D eigenvalue weighted by atomic mass is 32.1. The normalized spacial score (nSPS) is 11.7. The Bertz CT molecular complexity index is 1500. The van der Waals surface area contributed by atoms with Crippen LogP contribution in [0.5, 0.6) is 5.75 Å². The highest BCUT2D eigenvalue weighted by molar-refractivity contribution is 7.21. The Labute approximate surface area is 205 Å². The van der Waals surface area contributed by atoms with Crippen LogP contribution in [0.25, 0.3) is 15.2 Å². The number of hydrogen-bond donors (Lipinski definition) is 1. The van der Waals surface area contributed by atoms with E-state index in [0.717, 1.165) is 15.9 Å². The predicted octanol–water partition coefficient (Wildman–Crippen LogP) is 2.24. The van der Waals surface area contributed by atoms with Gasteiger partial charge in [0.1, 0.15) is 21.1 Å². The summed E-state index contributed by atoms with van der Waals surface area (Å²) in [5.41, 5.74) is -0.879. The van der Waals surface area contributed by atoms with Crippen LogP contribution in [-0.2, 0) is 23.3 Å². The minimum atomic E-state index is -1.40. The van der Waals surface area contributed by atoms with E-state index in [1.807, 2.05) is 24.3 Å². The zero-order chi connectivity index (χ0) is 25.3. The van der Waals surface area contributed by atoms with Crippen molar-refractivity contribution in [1.29, 1.82) is 0 Å². The molecule has 0 bridgehead atoms. The van der Waals surface area contributed by atoms with Crippen molar-refractivity contribution in [2.75, 3.05) is 13.7 Å². The number of aryl methyl sites for hydroxylation is 3. The number of carbonyl (C=O) groups excluding carboxylic acids is 1. The molecule has 11 heteroatoms. The molecule has 35 heavy (non-hydrogen) atoms. The van der Waals surface area contributed by atoms with Gasteiger partial charge in [0, 0.05) is 18.7 Å². The van der Waals surface area contributed by atoms with E-state index in [4.69, 9.17) is 4.74 Å². The Kier molecular flexibility index (Phi) is 6.62. The minimum Gasteiger partial charge on any atom is -0.496 e. The topological polar surface area (TPSA) is 113 Å². The molecule has 4 aromatic rings. The summed E-state index contributed by atoms with van der Waals surface area (Å²) in [6.45, 7) is 7.42. The quantitative estimate of drug-likeness (QED) is 0.400. The fraction of sp³-hybridized carbons (Fsp3) is 0.375. The molecule has 0 saturated carbocycles. The van der Waals surface area contributed by atoms with Gasteiger partial charge in [0.2, 0.25) is 5.91 Å². The molecular weight excluding hydrogens is 468 g/mol. The van der Waals surface area contributed by atoms with Gasteiger partial charge in [-0.1, -0.05) is 29.5 Å². The van der Waals surface area contributed by atoms with Gasteiger partial charge in [0.05, 0.1) is 24.9 Å². The van der Waals surface area contributed by atoms with Gasteiger partial charge in [-0.3, -0.25) is 14.2 Å². The molecular formula is C24H28N6O4S. The lowest BCUT2D eigenvalue weighted by Gasteiger charge is -2.26. The summed E-state index contributed by atoms with van der Waals surface area (Å²) >= 11 is 1.28. The molecule has 0 radical (unpaired) electrons. The highest BCUT2D eigenvalue weighted by Gasteiger charge is 2.35. The summed E-state index contributed by atoms with van der Waals surface area (Å²) in [5, 5.41) is 12.2. The summed E-state index contributed by atoms with van der Waals surface area (Å²) in [5.74, 6) is 0.313. The molecule has 0 saturated heterocycles. The Morgan fingerprint density at radius 3 is 2.51 bits per heavy atom. The van der Waals surface area contributed by atoms with E-state index in [0.29, 0.717) is 33.7 Å². The molecule has 0 aliphatic carbocycles. The second kappa shape index (κ2) is 9.49. The van der Waals surface area contributed by atoms with Crippen LogP contribution in [0.15, 0.2) is 46.2 Å². The van der Waals surface area contributed by atoms with Gasteiger partial charge in [0.15, 0.2) is 0 Å². The van der Waals surface area contributed by atoms with Crippen molar-refractivity contribution in [2.24, 2.45) is 0 Å². The Hall–Kier alpha value is -3.73. The average Bonchev–Trinajstić information content (AvgIpc) is 3.47. The number of nitrogens with zero attached hydrogens (tertiary/aromatic N) is 5. The number of para-hydroxylation sites is 1. The third-order valence-corrected chi connectivity index (χ3v) is 7.32. The maximum atomic E-state index is 13.8. The van der Waals surface area contributed by atoms with E-state index in [9.17, 15) is 14.4 Å². The van der Waals surface area contributed by atoms with Crippen molar-refractivity contribution in [3.05, 3.63) is 68.6 Å². The van der Waals surface area contributed by atoms with Crippen LogP contribution in [0.1, 0.15) is 31.9 Å². The zero-order valence-electron chi connectivity index (χ0n) is 20.4. The first-order chi connectivity index (χ1) is 16.7. The third-order valence-electron chi connectivity index (χ3n) is 6.04. The van der Waals surface area contributed by atoms with Crippen molar-refractivity contribution in [1.82, 2.24) is 29.4 Å². The number of nitrogens with one attached hydrogen (secondary N) is 1. The first-order valence-corrected chi connectivity index (χ1v) is 12.1. The van der Waals surface area contributed by atoms with E-state index in [-0.39, 0.29) is 6.54 Å². The van der Waals surface area contributed by atoms with Gasteiger partial charge >= 0.3 is 5.69 Å². The largest absolute Gasteiger partial charge is 0.496 e. The summed E-state index contributed by atoms with van der Waals surface area (Å²) in [4.78, 5) is 42.4. The van der Waals surface area contributed by atoms with Crippen molar-refractivity contribution in [3.63, 3.8) is 0 Å². The molecule has 3 aromatic heterocycles. The smallest absolute Gasteiger partial charge is 0.333 e. The van der Waals surface area contributed by atoms with E-state index in [2.05, 4.69) is 15.5 Å². The van der Waals surface area contributed by atoms with Crippen molar-refractivity contribution < 1.29 is 9.53 Å². The summed E-state index contributed by atoms with van der Waals surface area (Å²) in [6, 6.07) is 7.60. The molecule has 0 aliphatic heterocycles. The molecule has 0 atom stereocenters. The zero-order valence-corrected chi connectivity index (χ0v) is 21.2. The molecule has 0 aliphatic rings. The van der Waals surface area contributed by atoms with Crippen LogP contribution in [0.2, 0.25) is 0 Å². The molecule has 10 nitrogen and oxygen atoms in total. The number of likely N-dealkylation sites (N-methyl/N-ethyl adjacent to an activating group) is 1. The van der Waals surface area contributed by atoms with Crippen molar-refractivity contribution in [2.45, 2.75) is 46.2 Å². The Morgan fingerprint density at radius 1 is 1.17 bits per heavy atom. The SMILES string of the molecule is CCNC(=O)C(C)(C)n1c(=O)c2c(C)c(-n3nccn3)sc2n(CCc2ccccc2OC)c1=O. The third kappa shape index (κ3) is 4.16. The number of hydrogen-bond acceptors (Lipinski definition) is 7. The molecule has 1 N–H and O–H groups in total. The van der Waals surface area contributed by atoms with Gasteiger partial charge in [0.25, 0.3) is 5.56 Å². The molecule has 0 fully saturated rings. The lowest BCUT2D eigenvalue weighted by atomic mass is 10.0. The number of thiophene rings is 1. The predicted molar refractivity (Wildman–Crippen MR) is 135 cm³/mol. The molecule has 1 amide bonds. The van der Waals surface area contributed by atoms with E-state index >= 15 is 0 Å². The second-order valence-electron chi connectivity index (χ2n) is 8.59. The maximum absolute atomic E-state index is 13.8. The number of methoxy groups -OCH3 is 1. The van der Waals surface area contributed by atoms with Crippen LogP contribution in [0, 0.1) is 6.92 Å². The lowest BCUT2D eigenvalue weighted by Crippen LogP contribution is -2.55. The molecule has 0 spiro atoms. The van der Waals surface area contributed by atoms with Gasteiger partial charge in [-0.25, -0.2) is 9.36 Å². The second-order valence-corrected chi connectivity index (χ2v) is 9.56. The fourth-order valence-electron chi connectivity index (χ4n) is 4.16. The number of ether oxygens (including phenoxy) is 1. The summed E-state index contributed by atoms with van der Waals surface area (Å²) in [7, 11) is 1.60. The Balaban J connectivity index is 1.97. The van der Waals surface area contributed by atoms with Gasteiger partial charge in [-0.05, 0) is 45.7 Å². The molecule has 3 heterocycles. The van der Waals surface area contributed by atoms with E-state index in [1.165, 1.54) is 16.1 Å². The lowest BCUT2D eigenvalue weighted by molar-refractivity contribution is -0.128. The summed E-state index contributed by atoms with van der Waals surface area (Å²) < 4.78 is 8.09. The average molecular weight is 497 g/mol. The fourth-order valence-corrected chi connectivity index (χ4v) is 5.39. The van der Waals surface area contributed by atoms with Gasteiger partial charge in [-0.2, -0.15) is 10.2 Å². The first-order valence-electron chi connectivity index (χ1n) is 11.3. The molecule has 4 rings (SSSR count). The van der Waals surface area contributed by atoms with E-state index in [1.54, 1.807) is 51.8 Å². The first kappa shape index (κ1) is 24.4. The number of aromatic nitrogens is 5. The number of benzene rings is 1. The Morgan fingerprint density at radius 2 is 1.86 bits per heavy atom. The minimum absolute atomic E-state index is 0.285. The van der Waals surface area contributed by atoms with Crippen LogP contribution in [0.4, 0.5) is 0 Å². The number of carbonyl (C=O) groups is 1. The number of fused-ring (bicyclic) bond motifs is 1. The van der Waals surface area contributed by atoms with Crippen LogP contribution in [0.3, 0.4) is 0 Å². The van der Waals surface area contributed by atoms with Crippen LogP contribution < -0.4 is 21.3 Å². The monoisotopic (exact) mass is 496 g/mol. The maximum Gasteiger partial charge on any atom is 0.333 e. The highest BCUT2D eigenvalue weighted by Crippen LogP contribution is 2.31. The molecule has 184 valence electrons. The van der Waals surface area contributed by atoms with Crippen molar-refractivity contribution >= 4 is 27.5 Å². The number of amides is 1. The standard InChI is InChI=1S/C24H28N6O4S/c1-6-25-22(32)24(3,4)29-19(31)18-15(2)20(30-26-12-13-27-30)35-21(18)28(23(29)33)14-11-16-9-7-8-10-17(16)34-5/h7-10,12-13H,6,11,14H2,1-5H3,(H,25,32). The van der Waals surface area contributed by atoms with Crippen LogP contribution >= 0.6 is 11.3 Å². The molecule has 1 aromatic carbocycles. The number of rotatable bonds is 8. The van der Waals surface area contributed by atoms with E-state index < -0.39 is 22.7 Å². The van der Waals surface area contributed by atoms with Crippen LogP contribution in [-0.4, -0.2) is 43.7 Å². The molecule has 0 unspecified atom stereocenters. The summed E-state index contributed by atoms with van der Waals surface area (Å²) in [6.07, 6.45) is 3.59.